The summed E-state index contributed by atoms with van der Waals surface area (Å²) in [6, 6.07) is 5.56. The summed E-state index contributed by atoms with van der Waals surface area (Å²) in [5.41, 5.74) is 8.31. The van der Waals surface area contributed by atoms with Gasteiger partial charge >= 0.3 is 0 Å². The first-order valence-electron chi connectivity index (χ1n) is 6.13. The Morgan fingerprint density at radius 2 is 2.21 bits per heavy atom. The molecule has 6 nitrogen and oxygen atoms in total. The molecule has 1 aliphatic heterocycles. The Morgan fingerprint density at radius 3 is 2.95 bits per heavy atom. The molecule has 100 valence electrons. The van der Waals surface area contributed by atoms with E-state index in [0.717, 1.165) is 11.1 Å². The number of ether oxygens (including phenoxy) is 2. The van der Waals surface area contributed by atoms with Gasteiger partial charge in [-0.25, -0.2) is 0 Å². The fourth-order valence-corrected chi connectivity index (χ4v) is 2.04. The maximum Gasteiger partial charge on any atom is 0.258 e. The highest BCUT2D eigenvalue weighted by Gasteiger charge is 2.23. The predicted molar refractivity (Wildman–Crippen MR) is 68.4 cm³/mol. The second-order valence-electron chi connectivity index (χ2n) is 4.47. The van der Waals surface area contributed by atoms with Crippen LogP contribution in [0.25, 0.3) is 11.5 Å². The minimum Gasteiger partial charge on any atom is -0.399 e. The molecule has 19 heavy (non-hydrogen) atoms. The Hall–Kier alpha value is -1.92. The monoisotopic (exact) mass is 261 g/mol. The molecule has 2 aromatic rings. The molecular formula is C13H15N3O3. The highest BCUT2D eigenvalue weighted by atomic mass is 16.6. The zero-order chi connectivity index (χ0) is 13.2. The number of nitrogen functional groups attached to an aromatic ring is 1. The fourth-order valence-electron chi connectivity index (χ4n) is 2.04. The third-order valence-electron chi connectivity index (χ3n) is 3.03. The van der Waals surface area contributed by atoms with Crippen molar-refractivity contribution in [3.05, 3.63) is 29.6 Å². The Morgan fingerprint density at radius 1 is 1.32 bits per heavy atom. The zero-order valence-electron chi connectivity index (χ0n) is 10.6. The fraction of sp³-hybridized carbons (Fsp3) is 0.385. The lowest BCUT2D eigenvalue weighted by Gasteiger charge is -2.19. The third-order valence-corrected chi connectivity index (χ3v) is 3.03. The molecule has 0 bridgehead atoms. The van der Waals surface area contributed by atoms with Crippen LogP contribution >= 0.6 is 0 Å². The number of benzene rings is 1. The number of aryl methyl sites for hydroxylation is 1. The van der Waals surface area contributed by atoms with Crippen molar-refractivity contribution in [3.63, 3.8) is 0 Å². The van der Waals surface area contributed by atoms with E-state index in [1.165, 1.54) is 0 Å². The number of anilines is 1. The van der Waals surface area contributed by atoms with Gasteiger partial charge in [-0.1, -0.05) is 5.16 Å². The van der Waals surface area contributed by atoms with E-state index < -0.39 is 0 Å². The Bertz CT molecular complexity index is 576. The largest absolute Gasteiger partial charge is 0.399 e. The third kappa shape index (κ3) is 2.45. The molecule has 0 spiro atoms. The van der Waals surface area contributed by atoms with E-state index in [0.29, 0.717) is 37.2 Å². The van der Waals surface area contributed by atoms with E-state index in [1.807, 2.05) is 25.1 Å². The van der Waals surface area contributed by atoms with Gasteiger partial charge in [0.05, 0.1) is 19.8 Å². The standard InChI is InChI=1S/C13H15N3O3/c1-8-6-9(14)2-3-10(8)13-15-12(16-19-13)11-7-17-4-5-18-11/h2-3,6,11H,4-5,7,14H2,1H3. The van der Waals surface area contributed by atoms with E-state index in [1.54, 1.807) is 0 Å². The van der Waals surface area contributed by atoms with Gasteiger partial charge in [-0.05, 0) is 30.7 Å². The van der Waals surface area contributed by atoms with Crippen LogP contribution in [0.2, 0.25) is 0 Å². The molecule has 2 N–H and O–H groups in total. The van der Waals surface area contributed by atoms with E-state index >= 15 is 0 Å². The maximum absolute atomic E-state index is 5.72. The second kappa shape index (κ2) is 4.99. The molecule has 1 aromatic carbocycles. The average molecular weight is 261 g/mol. The van der Waals surface area contributed by atoms with Crippen LogP contribution in [0.15, 0.2) is 22.7 Å². The lowest BCUT2D eigenvalue weighted by atomic mass is 10.1. The van der Waals surface area contributed by atoms with Crippen molar-refractivity contribution in [2.75, 3.05) is 25.6 Å². The van der Waals surface area contributed by atoms with Gasteiger partial charge in [0.1, 0.15) is 6.10 Å². The van der Waals surface area contributed by atoms with Gasteiger partial charge in [0, 0.05) is 11.3 Å². The first-order valence-corrected chi connectivity index (χ1v) is 6.13. The SMILES string of the molecule is Cc1cc(N)ccc1-c1nc(C2COCCO2)no1. The summed E-state index contributed by atoms with van der Waals surface area (Å²) in [7, 11) is 0. The Labute approximate surface area is 110 Å². The minimum atomic E-state index is -0.250. The minimum absolute atomic E-state index is 0.250. The number of nitrogens with two attached hydrogens (primary N) is 1. The molecule has 0 aliphatic carbocycles. The van der Waals surface area contributed by atoms with Gasteiger partial charge in [0.2, 0.25) is 5.82 Å². The zero-order valence-corrected chi connectivity index (χ0v) is 10.6. The molecule has 0 radical (unpaired) electrons. The molecule has 1 atom stereocenters. The molecule has 3 rings (SSSR count). The first kappa shape index (κ1) is 12.1. The van der Waals surface area contributed by atoms with Crippen LogP contribution in [0.4, 0.5) is 5.69 Å². The summed E-state index contributed by atoms with van der Waals surface area (Å²) < 4.78 is 16.1. The van der Waals surface area contributed by atoms with Crippen LogP contribution in [-0.4, -0.2) is 30.0 Å². The summed E-state index contributed by atoms with van der Waals surface area (Å²) in [4.78, 5) is 4.37. The lowest BCUT2D eigenvalue weighted by Crippen LogP contribution is -2.22. The molecule has 2 heterocycles. The summed E-state index contributed by atoms with van der Waals surface area (Å²) in [5, 5.41) is 3.96. The highest BCUT2D eigenvalue weighted by molar-refractivity contribution is 5.62. The topological polar surface area (TPSA) is 83.4 Å². The molecule has 1 aromatic heterocycles. The maximum atomic E-state index is 5.72. The molecule has 6 heteroatoms. The average Bonchev–Trinajstić information content (AvgIpc) is 2.89. The van der Waals surface area contributed by atoms with Crippen molar-refractivity contribution in [3.8, 4) is 11.5 Å². The van der Waals surface area contributed by atoms with Gasteiger partial charge in [0.25, 0.3) is 5.89 Å². The normalized spacial score (nSPS) is 19.5. The molecule has 1 fully saturated rings. The molecule has 1 aliphatic rings. The summed E-state index contributed by atoms with van der Waals surface area (Å²) >= 11 is 0. The van der Waals surface area contributed by atoms with E-state index in [4.69, 9.17) is 19.7 Å². The summed E-state index contributed by atoms with van der Waals surface area (Å²) in [6.07, 6.45) is -0.250. The van der Waals surface area contributed by atoms with E-state index in [-0.39, 0.29) is 6.10 Å². The van der Waals surface area contributed by atoms with Crippen LogP contribution in [0, 0.1) is 6.92 Å². The number of rotatable bonds is 2. The van der Waals surface area contributed by atoms with Crippen molar-refractivity contribution >= 4 is 5.69 Å². The Balaban J connectivity index is 1.87. The van der Waals surface area contributed by atoms with Crippen LogP contribution in [0.1, 0.15) is 17.5 Å². The number of hydrogen-bond acceptors (Lipinski definition) is 6. The van der Waals surface area contributed by atoms with E-state index in [9.17, 15) is 0 Å². The lowest BCUT2D eigenvalue weighted by molar-refractivity contribution is -0.0941. The number of nitrogens with zero attached hydrogens (tertiary/aromatic N) is 2. The van der Waals surface area contributed by atoms with Gasteiger partial charge in [0.15, 0.2) is 0 Å². The Kier molecular flexibility index (Phi) is 3.18. The van der Waals surface area contributed by atoms with Crippen molar-refractivity contribution in [2.24, 2.45) is 0 Å². The van der Waals surface area contributed by atoms with Gasteiger partial charge in [-0.15, -0.1) is 0 Å². The molecule has 0 saturated carbocycles. The molecular weight excluding hydrogens is 246 g/mol. The van der Waals surface area contributed by atoms with Gasteiger partial charge in [-0.3, -0.25) is 0 Å². The van der Waals surface area contributed by atoms with Gasteiger partial charge in [-0.2, -0.15) is 4.98 Å². The van der Waals surface area contributed by atoms with Crippen molar-refractivity contribution in [1.29, 1.82) is 0 Å². The van der Waals surface area contributed by atoms with Crippen LogP contribution in [-0.2, 0) is 9.47 Å². The van der Waals surface area contributed by atoms with Crippen LogP contribution in [0.3, 0.4) is 0 Å². The molecule has 1 unspecified atom stereocenters. The van der Waals surface area contributed by atoms with E-state index in [2.05, 4.69) is 10.1 Å². The van der Waals surface area contributed by atoms with Crippen molar-refractivity contribution in [1.82, 2.24) is 10.1 Å². The van der Waals surface area contributed by atoms with Gasteiger partial charge < -0.3 is 19.7 Å². The van der Waals surface area contributed by atoms with Crippen LogP contribution < -0.4 is 5.73 Å². The number of aromatic nitrogens is 2. The van der Waals surface area contributed by atoms with Crippen LogP contribution in [0.5, 0.6) is 0 Å². The molecule has 1 saturated heterocycles. The smallest absolute Gasteiger partial charge is 0.258 e. The summed E-state index contributed by atoms with van der Waals surface area (Å²) in [6.45, 7) is 3.57. The second-order valence-corrected chi connectivity index (χ2v) is 4.47. The summed E-state index contributed by atoms with van der Waals surface area (Å²) in [5.74, 6) is 0.993. The predicted octanol–water partition coefficient (Wildman–Crippen LogP) is 1.72. The van der Waals surface area contributed by atoms with Crippen molar-refractivity contribution in [2.45, 2.75) is 13.0 Å². The molecule has 0 amide bonds. The van der Waals surface area contributed by atoms with Crippen molar-refractivity contribution < 1.29 is 14.0 Å². The number of hydrogen-bond donors (Lipinski definition) is 1. The highest BCUT2D eigenvalue weighted by Crippen LogP contribution is 2.26. The first-order chi connectivity index (χ1) is 9.24. The quantitative estimate of drug-likeness (QED) is 0.829.